The van der Waals surface area contributed by atoms with E-state index in [0.29, 0.717) is 6.54 Å². The number of H-pyrrole nitrogens is 1. The highest BCUT2D eigenvalue weighted by molar-refractivity contribution is 5.70. The molecule has 0 saturated carbocycles. The van der Waals surface area contributed by atoms with Crippen molar-refractivity contribution in [2.45, 2.75) is 13.5 Å². The van der Waals surface area contributed by atoms with Gasteiger partial charge in [-0.3, -0.25) is 0 Å². The summed E-state index contributed by atoms with van der Waals surface area (Å²) in [5.74, 6) is 2.34. The third kappa shape index (κ3) is 2.17. The molecule has 1 aromatic heterocycles. The fraction of sp³-hybridized carbons (Fsp3) is 0.308. The number of benzene rings is 1. The highest BCUT2D eigenvalue weighted by atomic mass is 16.5. The third-order valence-electron chi connectivity index (χ3n) is 2.83. The third-order valence-corrected chi connectivity index (χ3v) is 2.83. The molecule has 0 aliphatic rings. The lowest BCUT2D eigenvalue weighted by molar-refractivity contribution is 0.401. The fourth-order valence-corrected chi connectivity index (χ4v) is 1.86. The van der Waals surface area contributed by atoms with E-state index in [1.165, 1.54) is 0 Å². The number of rotatable bonds is 4. The van der Waals surface area contributed by atoms with E-state index in [9.17, 15) is 0 Å². The molecule has 0 bridgehead atoms. The molecule has 3 N–H and O–H groups in total. The summed E-state index contributed by atoms with van der Waals surface area (Å²) in [5.41, 5.74) is 8.34. The van der Waals surface area contributed by atoms with E-state index in [1.807, 2.05) is 19.1 Å². The van der Waals surface area contributed by atoms with Gasteiger partial charge in [0.2, 0.25) is 0 Å². The van der Waals surface area contributed by atoms with Crippen molar-refractivity contribution in [3.05, 3.63) is 29.7 Å². The van der Waals surface area contributed by atoms with E-state index < -0.39 is 0 Å². The zero-order valence-electron chi connectivity index (χ0n) is 10.8. The van der Waals surface area contributed by atoms with Crippen LogP contribution in [0, 0.1) is 6.92 Å². The number of imidazole rings is 1. The van der Waals surface area contributed by atoms with Crippen molar-refractivity contribution in [1.82, 2.24) is 9.97 Å². The molecule has 5 heteroatoms. The average molecular weight is 247 g/mol. The number of nitrogens with one attached hydrogen (secondary N) is 1. The van der Waals surface area contributed by atoms with Gasteiger partial charge in [0.25, 0.3) is 0 Å². The second kappa shape index (κ2) is 5.10. The van der Waals surface area contributed by atoms with Crippen molar-refractivity contribution in [1.29, 1.82) is 0 Å². The van der Waals surface area contributed by atoms with Crippen molar-refractivity contribution in [2.24, 2.45) is 5.73 Å². The van der Waals surface area contributed by atoms with Crippen LogP contribution >= 0.6 is 0 Å². The summed E-state index contributed by atoms with van der Waals surface area (Å²) in [7, 11) is 3.29. The Morgan fingerprint density at radius 2 is 1.94 bits per heavy atom. The Balaban J connectivity index is 2.54. The van der Waals surface area contributed by atoms with E-state index in [0.717, 1.165) is 34.1 Å². The minimum Gasteiger partial charge on any atom is -0.496 e. The van der Waals surface area contributed by atoms with Crippen molar-refractivity contribution in [3.63, 3.8) is 0 Å². The first kappa shape index (κ1) is 12.4. The molecule has 0 atom stereocenters. The van der Waals surface area contributed by atoms with E-state index in [2.05, 4.69) is 9.97 Å². The number of hydrogen-bond donors (Lipinski definition) is 2. The molecular weight excluding hydrogens is 230 g/mol. The van der Waals surface area contributed by atoms with Crippen LogP contribution in [-0.4, -0.2) is 24.2 Å². The van der Waals surface area contributed by atoms with Crippen LogP contribution in [0.2, 0.25) is 0 Å². The maximum Gasteiger partial charge on any atom is 0.128 e. The highest BCUT2D eigenvalue weighted by Crippen LogP contribution is 2.34. The summed E-state index contributed by atoms with van der Waals surface area (Å²) in [4.78, 5) is 7.34. The summed E-state index contributed by atoms with van der Waals surface area (Å²) in [5, 5.41) is 0. The zero-order chi connectivity index (χ0) is 13.1. The number of nitrogens with two attached hydrogens (primary N) is 1. The summed E-state index contributed by atoms with van der Waals surface area (Å²) >= 11 is 0. The number of ether oxygens (including phenoxy) is 2. The molecule has 2 rings (SSSR count). The molecular formula is C13H17N3O2. The molecule has 1 aromatic carbocycles. The van der Waals surface area contributed by atoms with Crippen molar-refractivity contribution in [3.8, 4) is 22.8 Å². The van der Waals surface area contributed by atoms with Crippen molar-refractivity contribution in [2.75, 3.05) is 14.2 Å². The quantitative estimate of drug-likeness (QED) is 0.865. The molecule has 5 nitrogen and oxygen atoms in total. The lowest BCUT2D eigenvalue weighted by Crippen LogP contribution is -1.98. The molecule has 0 amide bonds. The summed E-state index contributed by atoms with van der Waals surface area (Å²) in [6, 6.07) is 3.87. The van der Waals surface area contributed by atoms with Gasteiger partial charge >= 0.3 is 0 Å². The number of nitrogens with zero attached hydrogens (tertiary/aromatic N) is 1. The van der Waals surface area contributed by atoms with Gasteiger partial charge in [-0.2, -0.15) is 0 Å². The molecule has 0 radical (unpaired) electrons. The molecule has 1 heterocycles. The van der Waals surface area contributed by atoms with Gasteiger partial charge in [-0.05, 0) is 24.6 Å². The minimum absolute atomic E-state index is 0.380. The first-order chi connectivity index (χ1) is 8.69. The van der Waals surface area contributed by atoms with E-state index >= 15 is 0 Å². The van der Waals surface area contributed by atoms with Gasteiger partial charge in [-0.15, -0.1) is 0 Å². The number of methoxy groups -OCH3 is 2. The second-order valence-electron chi connectivity index (χ2n) is 3.97. The molecule has 18 heavy (non-hydrogen) atoms. The molecule has 0 spiro atoms. The van der Waals surface area contributed by atoms with Gasteiger partial charge in [-0.25, -0.2) is 4.98 Å². The topological polar surface area (TPSA) is 73.2 Å². The van der Waals surface area contributed by atoms with E-state index in [1.54, 1.807) is 20.4 Å². The molecule has 0 saturated heterocycles. The van der Waals surface area contributed by atoms with E-state index in [4.69, 9.17) is 15.2 Å². The van der Waals surface area contributed by atoms with Gasteiger partial charge in [0.15, 0.2) is 0 Å². The monoisotopic (exact) mass is 247 g/mol. The lowest BCUT2D eigenvalue weighted by Gasteiger charge is -2.11. The standard InChI is InChI=1S/C13H17N3O2/c1-8-4-12(18-3)9(5-11(8)17-2)10-7-15-13(6-14)16-10/h4-5,7H,6,14H2,1-3H3,(H,15,16). The number of aromatic amines is 1. The maximum atomic E-state index is 5.54. The Kier molecular flexibility index (Phi) is 3.53. The number of aromatic nitrogens is 2. The predicted molar refractivity (Wildman–Crippen MR) is 69.8 cm³/mol. The largest absolute Gasteiger partial charge is 0.496 e. The van der Waals surface area contributed by atoms with Gasteiger partial charge in [0, 0.05) is 5.56 Å². The Labute approximate surface area is 106 Å². The van der Waals surface area contributed by atoms with Crippen LogP contribution in [0.5, 0.6) is 11.5 Å². The van der Waals surface area contributed by atoms with E-state index in [-0.39, 0.29) is 0 Å². The minimum atomic E-state index is 0.380. The Bertz CT molecular complexity index is 549. The molecule has 0 aliphatic carbocycles. The predicted octanol–water partition coefficient (Wildman–Crippen LogP) is 1.86. The molecule has 96 valence electrons. The number of hydrogen-bond acceptors (Lipinski definition) is 4. The normalized spacial score (nSPS) is 10.4. The van der Waals surface area contributed by atoms with Gasteiger partial charge in [0.05, 0.1) is 32.7 Å². The molecule has 2 aromatic rings. The Hall–Kier alpha value is -2.01. The maximum absolute atomic E-state index is 5.54. The zero-order valence-corrected chi connectivity index (χ0v) is 10.8. The molecule has 0 unspecified atom stereocenters. The first-order valence-corrected chi connectivity index (χ1v) is 5.66. The SMILES string of the molecule is COc1cc(-c2cnc(CN)[nH]2)c(OC)cc1C. The van der Waals surface area contributed by atoms with Crippen LogP contribution in [0.1, 0.15) is 11.4 Å². The lowest BCUT2D eigenvalue weighted by atomic mass is 10.1. The van der Waals surface area contributed by atoms with Crippen molar-refractivity contribution >= 4 is 0 Å². The summed E-state index contributed by atoms with van der Waals surface area (Å²) < 4.78 is 10.7. The summed E-state index contributed by atoms with van der Waals surface area (Å²) in [6.45, 7) is 2.36. The smallest absolute Gasteiger partial charge is 0.128 e. The Morgan fingerprint density at radius 1 is 1.22 bits per heavy atom. The molecule has 0 fully saturated rings. The van der Waals surface area contributed by atoms with Crippen LogP contribution in [-0.2, 0) is 6.54 Å². The second-order valence-corrected chi connectivity index (χ2v) is 3.97. The van der Waals surface area contributed by atoms with Gasteiger partial charge in [-0.1, -0.05) is 0 Å². The van der Waals surface area contributed by atoms with Crippen LogP contribution in [0.15, 0.2) is 18.3 Å². The number of aryl methyl sites for hydroxylation is 1. The van der Waals surface area contributed by atoms with Crippen LogP contribution in [0.25, 0.3) is 11.3 Å². The van der Waals surface area contributed by atoms with Crippen LogP contribution < -0.4 is 15.2 Å². The first-order valence-electron chi connectivity index (χ1n) is 5.66. The van der Waals surface area contributed by atoms with Crippen LogP contribution in [0.4, 0.5) is 0 Å². The van der Waals surface area contributed by atoms with Crippen molar-refractivity contribution < 1.29 is 9.47 Å². The Morgan fingerprint density at radius 3 is 2.50 bits per heavy atom. The molecule has 0 aliphatic heterocycles. The average Bonchev–Trinajstić information content (AvgIpc) is 2.87. The van der Waals surface area contributed by atoms with Crippen LogP contribution in [0.3, 0.4) is 0 Å². The summed E-state index contributed by atoms with van der Waals surface area (Å²) in [6.07, 6.45) is 1.74. The van der Waals surface area contributed by atoms with Gasteiger partial charge < -0.3 is 20.2 Å². The highest BCUT2D eigenvalue weighted by Gasteiger charge is 2.12. The van der Waals surface area contributed by atoms with Gasteiger partial charge in [0.1, 0.15) is 17.3 Å². The fourth-order valence-electron chi connectivity index (χ4n) is 1.86.